The molecular formula is C25H28N4OS2. The zero-order valence-corrected chi connectivity index (χ0v) is 19.6. The van der Waals surface area contributed by atoms with E-state index in [9.17, 15) is 0 Å². The zero-order valence-electron chi connectivity index (χ0n) is 18.0. The third kappa shape index (κ3) is 5.47. The van der Waals surface area contributed by atoms with E-state index in [1.165, 1.54) is 16.5 Å². The second-order valence-corrected chi connectivity index (χ2v) is 8.65. The van der Waals surface area contributed by atoms with Crippen molar-refractivity contribution in [3.8, 4) is 5.75 Å². The van der Waals surface area contributed by atoms with Crippen LogP contribution < -0.4 is 20.7 Å². The summed E-state index contributed by atoms with van der Waals surface area (Å²) < 4.78 is 5.87. The van der Waals surface area contributed by atoms with Crippen molar-refractivity contribution in [3.63, 3.8) is 0 Å². The molecule has 3 aromatic carbocycles. The van der Waals surface area contributed by atoms with E-state index in [0.717, 1.165) is 55.4 Å². The van der Waals surface area contributed by atoms with E-state index >= 15 is 0 Å². The average molecular weight is 465 g/mol. The topological polar surface area (TPSA) is 53.8 Å². The van der Waals surface area contributed by atoms with E-state index in [-0.39, 0.29) is 5.11 Å². The Labute approximate surface area is 200 Å². The normalized spacial score (nSPS) is 13.6. The summed E-state index contributed by atoms with van der Waals surface area (Å²) in [4.78, 5) is 4.59. The predicted molar refractivity (Wildman–Crippen MR) is 142 cm³/mol. The number of ether oxygens (including phenoxy) is 1. The van der Waals surface area contributed by atoms with Crippen LogP contribution in [0.1, 0.15) is 19.3 Å². The molecule has 5 nitrogen and oxygen atoms in total. The standard InChI is InChI=1S/C25H28N4OS2/c26-24(31)27-20-10-7-11-21(18-20)30-17-5-1-4-14-28-15-16-29(25(28)32)23-13-6-9-19-8-2-3-12-22(19)23/h2-3,6-13,18H,1,4-5,14-17H2,(H3,26,27,31). The monoisotopic (exact) mass is 464 g/mol. The van der Waals surface area contributed by atoms with Crippen molar-refractivity contribution >= 4 is 56.8 Å². The Kier molecular flexibility index (Phi) is 7.39. The zero-order chi connectivity index (χ0) is 22.3. The number of thiocarbonyl (C=S) groups is 2. The summed E-state index contributed by atoms with van der Waals surface area (Å²) in [7, 11) is 0. The highest BCUT2D eigenvalue weighted by Crippen LogP contribution is 2.29. The fraction of sp³-hybridized carbons (Fsp3) is 0.280. The van der Waals surface area contributed by atoms with E-state index in [1.54, 1.807) is 0 Å². The van der Waals surface area contributed by atoms with Gasteiger partial charge in [-0.05, 0) is 67.3 Å². The van der Waals surface area contributed by atoms with Crippen molar-refractivity contribution in [1.82, 2.24) is 4.90 Å². The van der Waals surface area contributed by atoms with Crippen LogP contribution in [0, 0.1) is 0 Å². The second-order valence-electron chi connectivity index (χ2n) is 7.85. The molecule has 1 fully saturated rings. The van der Waals surface area contributed by atoms with E-state index in [0.29, 0.717) is 6.61 Å². The van der Waals surface area contributed by atoms with Gasteiger partial charge in [-0.1, -0.05) is 42.5 Å². The first kappa shape index (κ1) is 22.3. The summed E-state index contributed by atoms with van der Waals surface area (Å²) in [5, 5.41) is 6.61. The highest BCUT2D eigenvalue weighted by atomic mass is 32.1. The quantitative estimate of drug-likeness (QED) is 0.335. The van der Waals surface area contributed by atoms with Gasteiger partial charge in [-0.2, -0.15) is 0 Å². The smallest absolute Gasteiger partial charge is 0.176 e. The second kappa shape index (κ2) is 10.6. The number of rotatable bonds is 9. The third-order valence-corrected chi connectivity index (χ3v) is 6.18. The first-order valence-corrected chi connectivity index (χ1v) is 11.8. The molecule has 1 aliphatic heterocycles. The van der Waals surface area contributed by atoms with Gasteiger partial charge in [0.05, 0.1) is 12.3 Å². The largest absolute Gasteiger partial charge is 0.494 e. The van der Waals surface area contributed by atoms with Crippen molar-refractivity contribution in [3.05, 3.63) is 66.7 Å². The number of anilines is 2. The Bertz CT molecular complexity index is 1100. The van der Waals surface area contributed by atoms with E-state index in [2.05, 4.69) is 57.6 Å². The number of fused-ring (bicyclic) bond motifs is 1. The molecule has 0 atom stereocenters. The molecule has 4 rings (SSSR count). The Morgan fingerprint density at radius 3 is 2.66 bits per heavy atom. The maximum atomic E-state index is 5.87. The summed E-state index contributed by atoms with van der Waals surface area (Å²) in [5.74, 6) is 0.817. The van der Waals surface area contributed by atoms with Gasteiger partial charge < -0.3 is 25.6 Å². The summed E-state index contributed by atoms with van der Waals surface area (Å²) >= 11 is 10.7. The fourth-order valence-corrected chi connectivity index (χ4v) is 4.52. The van der Waals surface area contributed by atoms with Crippen LogP contribution >= 0.6 is 24.4 Å². The summed E-state index contributed by atoms with van der Waals surface area (Å²) in [6, 6.07) is 22.6. The van der Waals surface area contributed by atoms with Crippen LogP contribution in [-0.4, -0.2) is 41.4 Å². The molecule has 0 amide bonds. The van der Waals surface area contributed by atoms with Crippen LogP contribution in [0.5, 0.6) is 5.75 Å². The summed E-state index contributed by atoms with van der Waals surface area (Å²) in [6.45, 7) is 3.57. The lowest BCUT2D eigenvalue weighted by atomic mass is 10.1. The SMILES string of the molecule is NC(=S)Nc1cccc(OCCCCCN2CCN(c3cccc4ccccc34)C2=S)c1. The van der Waals surface area contributed by atoms with Crippen LogP contribution in [0.25, 0.3) is 10.8 Å². The van der Waals surface area contributed by atoms with Gasteiger partial charge in [-0.15, -0.1) is 0 Å². The first-order valence-electron chi connectivity index (χ1n) is 11.0. The number of hydrogen-bond donors (Lipinski definition) is 2. The molecule has 32 heavy (non-hydrogen) atoms. The molecule has 1 heterocycles. The van der Waals surface area contributed by atoms with Gasteiger partial charge in [0.1, 0.15) is 5.75 Å². The van der Waals surface area contributed by atoms with Crippen LogP contribution in [0.3, 0.4) is 0 Å². The molecule has 0 spiro atoms. The average Bonchev–Trinajstić information content (AvgIpc) is 3.15. The molecule has 7 heteroatoms. The van der Waals surface area contributed by atoms with Gasteiger partial charge in [0.15, 0.2) is 10.2 Å². The molecule has 0 saturated carbocycles. The van der Waals surface area contributed by atoms with Crippen LogP contribution in [0.2, 0.25) is 0 Å². The third-order valence-electron chi connectivity index (χ3n) is 5.60. The maximum absolute atomic E-state index is 5.87. The lowest BCUT2D eigenvalue weighted by Crippen LogP contribution is -2.32. The lowest BCUT2D eigenvalue weighted by Gasteiger charge is -2.23. The van der Waals surface area contributed by atoms with E-state index in [4.69, 9.17) is 34.9 Å². The van der Waals surface area contributed by atoms with E-state index < -0.39 is 0 Å². The van der Waals surface area contributed by atoms with Gasteiger partial charge in [0.25, 0.3) is 0 Å². The molecule has 166 valence electrons. The highest BCUT2D eigenvalue weighted by Gasteiger charge is 2.26. The van der Waals surface area contributed by atoms with Gasteiger partial charge >= 0.3 is 0 Å². The number of unbranched alkanes of at least 4 members (excludes halogenated alkanes) is 2. The Morgan fingerprint density at radius 2 is 1.78 bits per heavy atom. The van der Waals surface area contributed by atoms with Crippen molar-refractivity contribution < 1.29 is 4.74 Å². The molecule has 0 aliphatic carbocycles. The van der Waals surface area contributed by atoms with Gasteiger partial charge in [-0.25, -0.2) is 0 Å². The fourth-order valence-electron chi connectivity index (χ4n) is 4.03. The van der Waals surface area contributed by atoms with E-state index in [1.807, 2.05) is 24.3 Å². The molecule has 0 unspecified atom stereocenters. The van der Waals surface area contributed by atoms with Gasteiger partial charge in [0, 0.05) is 36.8 Å². The number of nitrogens with two attached hydrogens (primary N) is 1. The summed E-state index contributed by atoms with van der Waals surface area (Å²) in [5.41, 5.74) is 7.57. The van der Waals surface area contributed by atoms with Crippen LogP contribution in [-0.2, 0) is 0 Å². The molecule has 1 saturated heterocycles. The molecule has 0 radical (unpaired) electrons. The van der Waals surface area contributed by atoms with Gasteiger partial charge in [-0.3, -0.25) is 0 Å². The molecular weight excluding hydrogens is 436 g/mol. The molecule has 0 aromatic heterocycles. The summed E-state index contributed by atoms with van der Waals surface area (Å²) in [6.07, 6.45) is 3.19. The number of hydrogen-bond acceptors (Lipinski definition) is 3. The van der Waals surface area contributed by atoms with Crippen LogP contribution in [0.4, 0.5) is 11.4 Å². The number of nitrogens with one attached hydrogen (secondary N) is 1. The Hall–Kier alpha value is -2.90. The molecule has 1 aliphatic rings. The minimum atomic E-state index is 0.251. The highest BCUT2D eigenvalue weighted by molar-refractivity contribution is 7.80. The van der Waals surface area contributed by atoms with Crippen molar-refractivity contribution in [2.75, 3.05) is 36.5 Å². The van der Waals surface area contributed by atoms with Crippen LogP contribution in [0.15, 0.2) is 66.7 Å². The Balaban J connectivity index is 1.21. The molecule has 3 aromatic rings. The first-order chi connectivity index (χ1) is 15.6. The number of benzene rings is 3. The minimum Gasteiger partial charge on any atom is -0.494 e. The van der Waals surface area contributed by atoms with Crippen molar-refractivity contribution in [1.29, 1.82) is 0 Å². The maximum Gasteiger partial charge on any atom is 0.176 e. The minimum absolute atomic E-state index is 0.251. The van der Waals surface area contributed by atoms with Gasteiger partial charge in [0.2, 0.25) is 0 Å². The van der Waals surface area contributed by atoms with Crippen molar-refractivity contribution in [2.24, 2.45) is 5.73 Å². The van der Waals surface area contributed by atoms with Crippen molar-refractivity contribution in [2.45, 2.75) is 19.3 Å². The number of nitrogens with zero attached hydrogens (tertiary/aromatic N) is 2. The Morgan fingerprint density at radius 1 is 0.969 bits per heavy atom. The predicted octanol–water partition coefficient (Wildman–Crippen LogP) is 5.15. The molecule has 3 N–H and O–H groups in total. The molecule has 0 bridgehead atoms. The lowest BCUT2D eigenvalue weighted by molar-refractivity contribution is 0.302.